The molecule has 1 N–H and O–H groups in total. The molecule has 24 heavy (non-hydrogen) atoms. The monoisotopic (exact) mass is 368 g/mol. The normalized spacial score (nSPS) is 10.4. The van der Waals surface area contributed by atoms with Gasteiger partial charge in [0, 0.05) is 24.6 Å². The number of rotatable bonds is 4. The van der Waals surface area contributed by atoms with Crippen molar-refractivity contribution in [3.8, 4) is 17.0 Å². The fourth-order valence-corrected chi connectivity index (χ4v) is 2.55. The van der Waals surface area contributed by atoms with Crippen LogP contribution in [-0.2, 0) is 4.79 Å². The highest BCUT2D eigenvalue weighted by Crippen LogP contribution is 2.36. The van der Waals surface area contributed by atoms with E-state index >= 15 is 0 Å². The predicted octanol–water partition coefficient (Wildman–Crippen LogP) is 3.74. The highest BCUT2D eigenvalue weighted by molar-refractivity contribution is 6.36. The minimum absolute atomic E-state index is 0.114. The molecule has 0 aliphatic rings. The molecule has 0 aliphatic carbocycles. The zero-order chi connectivity index (χ0) is 18.0. The molecule has 1 heterocycles. The summed E-state index contributed by atoms with van der Waals surface area (Å²) in [7, 11) is 2.96. The Kier molecular flexibility index (Phi) is 5.31. The molecular formula is C16H14Cl2N2O4. The first-order valence-electron chi connectivity index (χ1n) is 6.78. The van der Waals surface area contributed by atoms with E-state index in [0.717, 1.165) is 0 Å². The van der Waals surface area contributed by atoms with Crippen LogP contribution in [0, 0.1) is 0 Å². The quantitative estimate of drug-likeness (QED) is 0.888. The second kappa shape index (κ2) is 7.07. The number of amides is 1. The number of aromatic nitrogens is 1. The molecule has 126 valence electrons. The van der Waals surface area contributed by atoms with Gasteiger partial charge in [0.1, 0.15) is 5.75 Å². The van der Waals surface area contributed by atoms with E-state index in [1.807, 2.05) is 0 Å². The van der Waals surface area contributed by atoms with Crippen molar-refractivity contribution in [2.45, 2.75) is 6.92 Å². The summed E-state index contributed by atoms with van der Waals surface area (Å²) in [6, 6.07) is 6.40. The van der Waals surface area contributed by atoms with E-state index in [-0.39, 0.29) is 22.3 Å². The second-order valence-electron chi connectivity index (χ2n) is 4.92. The van der Waals surface area contributed by atoms with Crippen LogP contribution in [0.3, 0.4) is 0 Å². The number of hydrogen-bond donors (Lipinski definition) is 1. The van der Waals surface area contributed by atoms with Crippen molar-refractivity contribution >= 4 is 40.8 Å². The summed E-state index contributed by atoms with van der Waals surface area (Å²) in [6.07, 6.45) is 0. The third kappa shape index (κ3) is 3.44. The van der Waals surface area contributed by atoms with Gasteiger partial charge in [-0.1, -0.05) is 23.2 Å². The van der Waals surface area contributed by atoms with Gasteiger partial charge in [-0.15, -0.1) is 0 Å². The molecule has 1 aromatic heterocycles. The van der Waals surface area contributed by atoms with E-state index in [0.29, 0.717) is 22.0 Å². The maximum Gasteiger partial charge on any atom is 0.356 e. The van der Waals surface area contributed by atoms with Gasteiger partial charge in [0.05, 0.1) is 23.5 Å². The first kappa shape index (κ1) is 18.0. The van der Waals surface area contributed by atoms with Gasteiger partial charge in [-0.3, -0.25) is 4.79 Å². The van der Waals surface area contributed by atoms with Crippen LogP contribution in [-0.4, -0.2) is 36.1 Å². The average Bonchev–Trinajstić information content (AvgIpc) is 2.54. The van der Waals surface area contributed by atoms with Crippen molar-refractivity contribution in [1.29, 1.82) is 0 Å². The maximum absolute atomic E-state index is 11.7. The summed E-state index contributed by atoms with van der Waals surface area (Å²) in [5.41, 5.74) is 0.713. The summed E-state index contributed by atoms with van der Waals surface area (Å²) in [6.45, 7) is 1.35. The third-order valence-electron chi connectivity index (χ3n) is 3.41. The van der Waals surface area contributed by atoms with Gasteiger partial charge in [-0.05, 0) is 24.3 Å². The lowest BCUT2D eigenvalue weighted by atomic mass is 10.1. The van der Waals surface area contributed by atoms with Gasteiger partial charge in [0.2, 0.25) is 5.91 Å². The molecule has 0 radical (unpaired) electrons. The minimum Gasteiger partial charge on any atom is -0.496 e. The first-order valence-corrected chi connectivity index (χ1v) is 7.54. The molecule has 0 aliphatic heterocycles. The van der Waals surface area contributed by atoms with Crippen molar-refractivity contribution in [1.82, 2.24) is 4.98 Å². The lowest BCUT2D eigenvalue weighted by Crippen LogP contribution is -2.24. The number of aromatic carboxylic acids is 1. The van der Waals surface area contributed by atoms with Crippen LogP contribution >= 0.6 is 23.2 Å². The zero-order valence-electron chi connectivity index (χ0n) is 13.1. The number of halogens is 2. The topological polar surface area (TPSA) is 79.7 Å². The summed E-state index contributed by atoms with van der Waals surface area (Å²) in [5, 5.41) is 9.70. The molecule has 0 bridgehead atoms. The van der Waals surface area contributed by atoms with Gasteiger partial charge >= 0.3 is 5.97 Å². The molecule has 0 saturated carbocycles. The summed E-state index contributed by atoms with van der Waals surface area (Å²) >= 11 is 12.1. The van der Waals surface area contributed by atoms with E-state index in [4.69, 9.17) is 27.9 Å². The molecule has 1 amide bonds. The van der Waals surface area contributed by atoms with E-state index in [1.54, 1.807) is 18.2 Å². The van der Waals surface area contributed by atoms with Gasteiger partial charge in [0.15, 0.2) is 5.69 Å². The highest BCUT2D eigenvalue weighted by atomic mass is 35.5. The number of carbonyl (C=O) groups is 2. The standard InChI is InChI=1S/C16H14Cl2N2O4/c1-8(21)20(2)12-7-11(19-15(14(12)18)16(22)23)10-5-4-9(17)6-13(10)24-3/h4-7H,1-3H3,(H,22,23). The number of nitrogens with zero attached hydrogens (tertiary/aromatic N) is 2. The largest absolute Gasteiger partial charge is 0.496 e. The van der Waals surface area contributed by atoms with Crippen LogP contribution in [0.25, 0.3) is 11.3 Å². The Balaban J connectivity index is 2.76. The minimum atomic E-state index is -1.30. The Morgan fingerprint density at radius 2 is 1.92 bits per heavy atom. The lowest BCUT2D eigenvalue weighted by Gasteiger charge is -2.19. The number of ether oxygens (including phenoxy) is 1. The second-order valence-corrected chi connectivity index (χ2v) is 5.73. The van der Waals surface area contributed by atoms with Crippen molar-refractivity contribution in [3.63, 3.8) is 0 Å². The maximum atomic E-state index is 11.7. The number of anilines is 1. The fourth-order valence-electron chi connectivity index (χ4n) is 2.09. The summed E-state index contributed by atoms with van der Waals surface area (Å²) < 4.78 is 5.27. The number of hydrogen-bond acceptors (Lipinski definition) is 4. The van der Waals surface area contributed by atoms with Crippen molar-refractivity contribution in [2.75, 3.05) is 19.1 Å². The number of carboxylic acids is 1. The summed E-state index contributed by atoms with van der Waals surface area (Å²) in [5.74, 6) is -1.17. The Bertz CT molecular complexity index is 824. The number of carbonyl (C=O) groups excluding carboxylic acids is 1. The molecule has 0 atom stereocenters. The Morgan fingerprint density at radius 3 is 2.46 bits per heavy atom. The summed E-state index contributed by atoms with van der Waals surface area (Å²) in [4.78, 5) is 28.4. The first-order chi connectivity index (χ1) is 11.3. The molecule has 8 heteroatoms. The van der Waals surface area contributed by atoms with E-state index in [9.17, 15) is 14.7 Å². The number of benzene rings is 1. The van der Waals surface area contributed by atoms with E-state index in [2.05, 4.69) is 4.98 Å². The van der Waals surface area contributed by atoms with E-state index in [1.165, 1.54) is 32.0 Å². The van der Waals surface area contributed by atoms with E-state index < -0.39 is 5.97 Å². The zero-order valence-corrected chi connectivity index (χ0v) is 14.6. The van der Waals surface area contributed by atoms with Crippen LogP contribution in [0.5, 0.6) is 5.75 Å². The smallest absolute Gasteiger partial charge is 0.356 e. The molecule has 0 unspecified atom stereocenters. The number of methoxy groups -OCH3 is 1. The van der Waals surface area contributed by atoms with Crippen molar-refractivity contribution in [3.05, 3.63) is 40.0 Å². The fraction of sp³-hybridized carbons (Fsp3) is 0.188. The Morgan fingerprint density at radius 1 is 1.25 bits per heavy atom. The predicted molar refractivity (Wildman–Crippen MR) is 92.3 cm³/mol. The van der Waals surface area contributed by atoms with Gasteiger partial charge in [-0.2, -0.15) is 0 Å². The van der Waals surface area contributed by atoms with Crippen LogP contribution in [0.15, 0.2) is 24.3 Å². The Hall–Kier alpha value is -2.31. The van der Waals surface area contributed by atoms with Gasteiger partial charge in [-0.25, -0.2) is 9.78 Å². The number of carboxylic acid groups (broad SMARTS) is 1. The van der Waals surface area contributed by atoms with Gasteiger partial charge in [0.25, 0.3) is 0 Å². The van der Waals surface area contributed by atoms with Crippen molar-refractivity contribution in [2.24, 2.45) is 0 Å². The molecule has 0 saturated heterocycles. The van der Waals surface area contributed by atoms with Crippen molar-refractivity contribution < 1.29 is 19.4 Å². The average molecular weight is 369 g/mol. The van der Waals surface area contributed by atoms with Crippen LogP contribution in [0.4, 0.5) is 5.69 Å². The molecule has 1 aromatic carbocycles. The lowest BCUT2D eigenvalue weighted by molar-refractivity contribution is -0.116. The van der Waals surface area contributed by atoms with Crippen LogP contribution < -0.4 is 9.64 Å². The molecule has 0 fully saturated rings. The van der Waals surface area contributed by atoms with Gasteiger partial charge < -0.3 is 14.7 Å². The number of pyridine rings is 1. The molecule has 0 spiro atoms. The Labute approximate surface area is 148 Å². The molecule has 2 rings (SSSR count). The molecular weight excluding hydrogens is 355 g/mol. The van der Waals surface area contributed by atoms with Crippen LogP contribution in [0.2, 0.25) is 10.0 Å². The SMILES string of the molecule is COc1cc(Cl)ccc1-c1cc(N(C)C(C)=O)c(Cl)c(C(=O)O)n1. The molecule has 6 nitrogen and oxygen atoms in total. The third-order valence-corrected chi connectivity index (χ3v) is 4.02. The highest BCUT2D eigenvalue weighted by Gasteiger charge is 2.22. The van der Waals surface area contributed by atoms with Crippen LogP contribution in [0.1, 0.15) is 17.4 Å². The molecule has 2 aromatic rings.